The van der Waals surface area contributed by atoms with E-state index in [4.69, 9.17) is 10.5 Å². The first-order chi connectivity index (χ1) is 9.52. The van der Waals surface area contributed by atoms with Crippen molar-refractivity contribution in [2.75, 3.05) is 30.3 Å². The van der Waals surface area contributed by atoms with Gasteiger partial charge in [0.25, 0.3) is 0 Å². The van der Waals surface area contributed by atoms with Crippen LogP contribution in [-0.2, 0) is 4.74 Å². The zero-order valence-corrected chi connectivity index (χ0v) is 12.0. The topological polar surface area (TPSA) is 75.8 Å². The summed E-state index contributed by atoms with van der Waals surface area (Å²) >= 11 is 0. The van der Waals surface area contributed by atoms with Crippen LogP contribution in [0.25, 0.3) is 0 Å². The first-order valence-electron chi connectivity index (χ1n) is 7.02. The van der Waals surface area contributed by atoms with Crippen molar-refractivity contribution in [1.82, 2.24) is 0 Å². The minimum Gasteiger partial charge on any atom is -0.462 e. The molecule has 2 unspecified atom stereocenters. The Labute approximate surface area is 119 Å². The van der Waals surface area contributed by atoms with Crippen molar-refractivity contribution < 1.29 is 14.6 Å². The van der Waals surface area contributed by atoms with Crippen molar-refractivity contribution in [3.8, 4) is 0 Å². The Balaban J connectivity index is 2.18. The van der Waals surface area contributed by atoms with Crippen molar-refractivity contribution >= 4 is 17.3 Å². The third-order valence-corrected chi connectivity index (χ3v) is 3.80. The third-order valence-electron chi connectivity index (χ3n) is 3.80. The Bertz CT molecular complexity index is 488. The number of carbonyl (C=O) groups excluding carboxylic acids is 1. The van der Waals surface area contributed by atoms with Crippen LogP contribution in [0.4, 0.5) is 11.4 Å². The van der Waals surface area contributed by atoms with Crippen molar-refractivity contribution in [3.63, 3.8) is 0 Å². The molecule has 0 spiro atoms. The fraction of sp³-hybridized carbons (Fsp3) is 0.533. The van der Waals surface area contributed by atoms with Crippen molar-refractivity contribution in [2.45, 2.75) is 26.4 Å². The van der Waals surface area contributed by atoms with Crippen LogP contribution in [0.5, 0.6) is 0 Å². The zero-order chi connectivity index (χ0) is 14.7. The van der Waals surface area contributed by atoms with Crippen LogP contribution in [0.2, 0.25) is 0 Å². The molecule has 20 heavy (non-hydrogen) atoms. The van der Waals surface area contributed by atoms with Gasteiger partial charge in [0.1, 0.15) is 0 Å². The smallest absolute Gasteiger partial charge is 0.340 e. The van der Waals surface area contributed by atoms with E-state index >= 15 is 0 Å². The molecule has 2 atom stereocenters. The van der Waals surface area contributed by atoms with Crippen molar-refractivity contribution in [3.05, 3.63) is 23.8 Å². The first-order valence-corrected chi connectivity index (χ1v) is 7.02. The minimum atomic E-state index is -0.391. The van der Waals surface area contributed by atoms with E-state index in [2.05, 4.69) is 4.90 Å². The molecule has 0 saturated carbocycles. The van der Waals surface area contributed by atoms with E-state index in [0.29, 0.717) is 17.9 Å². The predicted octanol–water partition coefficient (Wildman–Crippen LogP) is 1.65. The second kappa shape index (κ2) is 6.13. The van der Waals surface area contributed by atoms with E-state index in [9.17, 15) is 9.90 Å². The molecule has 0 radical (unpaired) electrons. The van der Waals surface area contributed by atoms with Gasteiger partial charge in [-0.15, -0.1) is 0 Å². The van der Waals surface area contributed by atoms with Crippen LogP contribution >= 0.6 is 0 Å². The lowest BCUT2D eigenvalue weighted by Gasteiger charge is -2.20. The summed E-state index contributed by atoms with van der Waals surface area (Å²) in [6.07, 6.45) is 0.648. The first kappa shape index (κ1) is 14.7. The number of anilines is 2. The van der Waals surface area contributed by atoms with E-state index in [-0.39, 0.29) is 12.0 Å². The summed E-state index contributed by atoms with van der Waals surface area (Å²) in [5.41, 5.74) is 7.62. The van der Waals surface area contributed by atoms with E-state index < -0.39 is 5.97 Å². The molecule has 0 amide bonds. The molecule has 5 nitrogen and oxygen atoms in total. The highest BCUT2D eigenvalue weighted by Gasteiger charge is 2.26. The number of hydrogen-bond acceptors (Lipinski definition) is 5. The molecule has 3 N–H and O–H groups in total. The van der Waals surface area contributed by atoms with Gasteiger partial charge in [-0.05, 0) is 38.5 Å². The lowest BCUT2D eigenvalue weighted by Crippen LogP contribution is -2.24. The van der Waals surface area contributed by atoms with Crippen LogP contribution in [0.15, 0.2) is 18.2 Å². The number of esters is 1. The summed E-state index contributed by atoms with van der Waals surface area (Å²) in [6.45, 7) is 5.59. The van der Waals surface area contributed by atoms with Crippen molar-refractivity contribution in [2.24, 2.45) is 5.92 Å². The molecule has 110 valence electrons. The van der Waals surface area contributed by atoms with Crippen LogP contribution < -0.4 is 10.6 Å². The monoisotopic (exact) mass is 278 g/mol. The molecule has 2 rings (SSSR count). The van der Waals surface area contributed by atoms with Crippen LogP contribution in [0.1, 0.15) is 30.6 Å². The Kier molecular flexibility index (Phi) is 4.49. The largest absolute Gasteiger partial charge is 0.462 e. The molecule has 5 heteroatoms. The molecule has 1 saturated heterocycles. The molecule has 1 aliphatic heterocycles. The minimum absolute atomic E-state index is 0.276. The summed E-state index contributed by atoms with van der Waals surface area (Å²) in [7, 11) is 0. The van der Waals surface area contributed by atoms with Gasteiger partial charge in [0, 0.05) is 30.4 Å². The highest BCUT2D eigenvalue weighted by molar-refractivity contribution is 5.96. The average Bonchev–Trinajstić information content (AvgIpc) is 2.89. The standard InChI is InChI=1S/C15H22N2O3/c1-3-20-15(19)13-8-12(4-5-14(13)16)17-7-6-11(9-17)10(2)18/h4-5,8,10-11,18H,3,6-7,9,16H2,1-2H3. The van der Waals surface area contributed by atoms with Gasteiger partial charge in [-0.3, -0.25) is 0 Å². The van der Waals surface area contributed by atoms with Gasteiger partial charge in [0.15, 0.2) is 0 Å². The molecular weight excluding hydrogens is 256 g/mol. The number of aliphatic hydroxyl groups excluding tert-OH is 1. The highest BCUT2D eigenvalue weighted by atomic mass is 16.5. The van der Waals surface area contributed by atoms with Gasteiger partial charge >= 0.3 is 5.97 Å². The lowest BCUT2D eigenvalue weighted by molar-refractivity contribution is 0.0527. The molecule has 1 aromatic carbocycles. The molecule has 1 aliphatic rings. The van der Waals surface area contributed by atoms with Gasteiger partial charge in [0.05, 0.1) is 18.3 Å². The maximum Gasteiger partial charge on any atom is 0.340 e. The Morgan fingerprint density at radius 2 is 2.35 bits per heavy atom. The Hall–Kier alpha value is -1.75. The van der Waals surface area contributed by atoms with E-state index in [1.165, 1.54) is 0 Å². The Morgan fingerprint density at radius 3 is 2.95 bits per heavy atom. The number of ether oxygens (including phenoxy) is 1. The SMILES string of the molecule is CCOC(=O)c1cc(N2CCC(C(C)O)C2)ccc1N. The fourth-order valence-electron chi connectivity index (χ4n) is 2.54. The van der Waals surface area contributed by atoms with Gasteiger partial charge in [-0.25, -0.2) is 4.79 Å². The maximum atomic E-state index is 11.8. The normalized spacial score (nSPS) is 19.9. The van der Waals surface area contributed by atoms with E-state index in [0.717, 1.165) is 25.2 Å². The fourth-order valence-corrected chi connectivity index (χ4v) is 2.54. The summed E-state index contributed by atoms with van der Waals surface area (Å²) in [5.74, 6) is -0.114. The van der Waals surface area contributed by atoms with Crippen LogP contribution in [0.3, 0.4) is 0 Å². The molecule has 1 heterocycles. The zero-order valence-electron chi connectivity index (χ0n) is 12.0. The summed E-state index contributed by atoms with van der Waals surface area (Å²) in [4.78, 5) is 14.0. The molecule has 1 aromatic rings. The molecule has 0 aliphatic carbocycles. The maximum absolute atomic E-state index is 11.8. The van der Waals surface area contributed by atoms with Crippen LogP contribution in [0, 0.1) is 5.92 Å². The second-order valence-corrected chi connectivity index (χ2v) is 5.23. The third kappa shape index (κ3) is 3.04. The van der Waals surface area contributed by atoms with Gasteiger partial charge in [-0.2, -0.15) is 0 Å². The molecule has 0 aromatic heterocycles. The second-order valence-electron chi connectivity index (χ2n) is 5.23. The lowest BCUT2D eigenvalue weighted by atomic mass is 10.0. The Morgan fingerprint density at radius 1 is 1.60 bits per heavy atom. The average molecular weight is 278 g/mol. The quantitative estimate of drug-likeness (QED) is 0.647. The van der Waals surface area contributed by atoms with E-state index in [1.54, 1.807) is 19.1 Å². The highest BCUT2D eigenvalue weighted by Crippen LogP contribution is 2.28. The molecular formula is C15H22N2O3. The number of rotatable bonds is 4. The summed E-state index contributed by atoms with van der Waals surface area (Å²) in [6, 6.07) is 5.41. The number of hydrogen-bond donors (Lipinski definition) is 2. The van der Waals surface area contributed by atoms with Gasteiger partial charge < -0.3 is 20.5 Å². The number of aliphatic hydroxyl groups is 1. The molecule has 1 fully saturated rings. The number of benzene rings is 1. The number of nitrogens with two attached hydrogens (primary N) is 1. The summed E-state index contributed by atoms with van der Waals surface area (Å²) in [5, 5.41) is 9.65. The van der Waals surface area contributed by atoms with Gasteiger partial charge in [-0.1, -0.05) is 0 Å². The predicted molar refractivity (Wildman–Crippen MR) is 78.8 cm³/mol. The van der Waals surface area contributed by atoms with E-state index in [1.807, 2.05) is 13.0 Å². The van der Waals surface area contributed by atoms with Gasteiger partial charge in [0.2, 0.25) is 0 Å². The number of carbonyl (C=O) groups is 1. The van der Waals surface area contributed by atoms with Crippen molar-refractivity contribution in [1.29, 1.82) is 0 Å². The summed E-state index contributed by atoms with van der Waals surface area (Å²) < 4.78 is 5.01. The molecule has 0 bridgehead atoms. The number of nitrogens with zero attached hydrogens (tertiary/aromatic N) is 1. The number of nitrogen functional groups attached to an aromatic ring is 1. The van der Waals surface area contributed by atoms with Crippen LogP contribution in [-0.4, -0.2) is 36.9 Å².